The summed E-state index contributed by atoms with van der Waals surface area (Å²) in [6.45, 7) is 2.02. The Morgan fingerprint density at radius 1 is 0.972 bits per heavy atom. The normalized spacial score (nSPS) is 14.6. The minimum absolute atomic E-state index is 0.137. The molecule has 1 aliphatic heterocycles. The number of anilines is 1. The average molecular weight is 488 g/mol. The fourth-order valence-corrected chi connectivity index (χ4v) is 3.48. The van der Waals surface area contributed by atoms with Gasteiger partial charge in [0.05, 0.1) is 17.9 Å². The van der Waals surface area contributed by atoms with Gasteiger partial charge in [-0.2, -0.15) is 0 Å². The predicted octanol–water partition coefficient (Wildman–Crippen LogP) is 4.25. The Morgan fingerprint density at radius 2 is 1.67 bits per heavy atom. The van der Waals surface area contributed by atoms with Crippen LogP contribution in [0.2, 0.25) is 0 Å². The number of barbiturate groups is 1. The first-order valence-corrected chi connectivity index (χ1v) is 11.0. The van der Waals surface area contributed by atoms with Crippen LogP contribution in [0.15, 0.2) is 78.4 Å². The maximum atomic E-state index is 13.2. The Kier molecular flexibility index (Phi) is 7.20. The molecular formula is C27H21FN2O6. The van der Waals surface area contributed by atoms with Crippen LogP contribution in [0.1, 0.15) is 28.4 Å². The van der Waals surface area contributed by atoms with Crippen LogP contribution in [0.3, 0.4) is 0 Å². The average Bonchev–Trinajstić information content (AvgIpc) is 2.87. The molecule has 4 rings (SSSR count). The first kappa shape index (κ1) is 24.3. The van der Waals surface area contributed by atoms with Gasteiger partial charge in [0.15, 0.2) is 0 Å². The minimum Gasteiger partial charge on any atom is -0.488 e. The third kappa shape index (κ3) is 5.30. The summed E-state index contributed by atoms with van der Waals surface area (Å²) in [5.41, 5.74) is 1.31. The maximum Gasteiger partial charge on any atom is 0.338 e. The SMILES string of the molecule is CCOC(=O)c1ccc(N2C(=O)NC(=O)/C(=C\c3ccccc3OCc3ccc(F)cc3)C2=O)cc1. The first-order chi connectivity index (χ1) is 17.4. The molecule has 1 saturated heterocycles. The van der Waals surface area contributed by atoms with Crippen LogP contribution in [-0.2, 0) is 20.9 Å². The molecule has 9 heteroatoms. The van der Waals surface area contributed by atoms with Crippen molar-refractivity contribution in [1.82, 2.24) is 5.32 Å². The van der Waals surface area contributed by atoms with Crippen molar-refractivity contribution in [2.75, 3.05) is 11.5 Å². The number of amides is 4. The third-order valence-corrected chi connectivity index (χ3v) is 5.26. The lowest BCUT2D eigenvalue weighted by Gasteiger charge is -2.26. The molecule has 0 spiro atoms. The maximum absolute atomic E-state index is 13.2. The Hall–Kier alpha value is -4.79. The number of esters is 1. The molecule has 0 aliphatic carbocycles. The van der Waals surface area contributed by atoms with Crippen LogP contribution in [0.5, 0.6) is 5.75 Å². The van der Waals surface area contributed by atoms with E-state index in [1.807, 2.05) is 0 Å². The lowest BCUT2D eigenvalue weighted by Crippen LogP contribution is -2.54. The van der Waals surface area contributed by atoms with Crippen LogP contribution >= 0.6 is 0 Å². The van der Waals surface area contributed by atoms with E-state index in [9.17, 15) is 23.6 Å². The number of benzene rings is 3. The molecule has 0 bridgehead atoms. The van der Waals surface area contributed by atoms with Crippen LogP contribution in [0.4, 0.5) is 14.9 Å². The number of carbonyl (C=O) groups excluding carboxylic acids is 4. The van der Waals surface area contributed by atoms with E-state index >= 15 is 0 Å². The number of hydrogen-bond donors (Lipinski definition) is 1. The van der Waals surface area contributed by atoms with Gasteiger partial charge in [-0.25, -0.2) is 18.9 Å². The highest BCUT2D eigenvalue weighted by atomic mass is 19.1. The van der Waals surface area contributed by atoms with Crippen LogP contribution < -0.4 is 15.0 Å². The number of halogens is 1. The zero-order valence-electron chi connectivity index (χ0n) is 19.2. The van der Waals surface area contributed by atoms with E-state index in [-0.39, 0.29) is 35.9 Å². The number of nitrogens with one attached hydrogen (secondary N) is 1. The van der Waals surface area contributed by atoms with Gasteiger partial charge in [-0.15, -0.1) is 0 Å². The second-order valence-electron chi connectivity index (χ2n) is 7.68. The molecule has 8 nitrogen and oxygen atoms in total. The molecule has 36 heavy (non-hydrogen) atoms. The summed E-state index contributed by atoms with van der Waals surface area (Å²) in [5, 5.41) is 2.16. The van der Waals surface area contributed by atoms with Gasteiger partial charge in [-0.1, -0.05) is 30.3 Å². The highest BCUT2D eigenvalue weighted by molar-refractivity contribution is 6.39. The van der Waals surface area contributed by atoms with Gasteiger partial charge in [0.1, 0.15) is 23.7 Å². The lowest BCUT2D eigenvalue weighted by molar-refractivity contribution is -0.122. The van der Waals surface area contributed by atoms with E-state index in [1.54, 1.807) is 43.3 Å². The summed E-state index contributed by atoms with van der Waals surface area (Å²) in [6, 6.07) is 17.3. The molecule has 4 amide bonds. The smallest absolute Gasteiger partial charge is 0.338 e. The molecule has 0 unspecified atom stereocenters. The summed E-state index contributed by atoms with van der Waals surface area (Å²) in [5.74, 6) is -2.19. The highest BCUT2D eigenvalue weighted by Gasteiger charge is 2.37. The number of carbonyl (C=O) groups is 4. The summed E-state index contributed by atoms with van der Waals surface area (Å²) in [4.78, 5) is 50.9. The van der Waals surface area contributed by atoms with Crippen molar-refractivity contribution in [3.05, 3.63) is 101 Å². The van der Waals surface area contributed by atoms with Crippen molar-refractivity contribution in [2.45, 2.75) is 13.5 Å². The molecule has 1 fully saturated rings. The van der Waals surface area contributed by atoms with Crippen molar-refractivity contribution in [3.63, 3.8) is 0 Å². The lowest BCUT2D eigenvalue weighted by atomic mass is 10.1. The first-order valence-electron chi connectivity index (χ1n) is 11.0. The largest absolute Gasteiger partial charge is 0.488 e. The minimum atomic E-state index is -0.910. The monoisotopic (exact) mass is 488 g/mol. The zero-order valence-corrected chi connectivity index (χ0v) is 19.2. The van der Waals surface area contributed by atoms with E-state index < -0.39 is 23.8 Å². The Morgan fingerprint density at radius 3 is 2.36 bits per heavy atom. The van der Waals surface area contributed by atoms with E-state index in [0.29, 0.717) is 11.3 Å². The predicted molar refractivity (Wildman–Crippen MR) is 129 cm³/mol. The van der Waals surface area contributed by atoms with Gasteiger partial charge >= 0.3 is 12.0 Å². The van der Waals surface area contributed by atoms with Gasteiger partial charge in [-0.3, -0.25) is 14.9 Å². The topological polar surface area (TPSA) is 102 Å². The second-order valence-corrected chi connectivity index (χ2v) is 7.68. The molecule has 3 aromatic rings. The molecule has 1 N–H and O–H groups in total. The van der Waals surface area contributed by atoms with Crippen molar-refractivity contribution in [1.29, 1.82) is 0 Å². The summed E-state index contributed by atoms with van der Waals surface area (Å²) < 4.78 is 23.9. The Bertz CT molecular complexity index is 1350. The van der Waals surface area contributed by atoms with Crippen molar-refractivity contribution < 1.29 is 33.0 Å². The Balaban J connectivity index is 1.59. The van der Waals surface area contributed by atoms with Crippen molar-refractivity contribution >= 4 is 35.6 Å². The van der Waals surface area contributed by atoms with Gasteiger partial charge in [0.2, 0.25) is 0 Å². The number of nitrogens with zero attached hydrogens (tertiary/aromatic N) is 1. The molecule has 0 aromatic heterocycles. The molecule has 1 aliphatic rings. The molecule has 0 saturated carbocycles. The standard InChI is InChI=1S/C27H21FN2O6/c1-2-35-26(33)18-9-13-21(14-10-18)30-25(32)22(24(31)29-27(30)34)15-19-5-3-4-6-23(19)36-16-17-7-11-20(28)12-8-17/h3-15H,2,16H2,1H3,(H,29,31,34)/b22-15+. The molecule has 3 aromatic carbocycles. The summed E-state index contributed by atoms with van der Waals surface area (Å²) in [6.07, 6.45) is 1.34. The summed E-state index contributed by atoms with van der Waals surface area (Å²) >= 11 is 0. The number of hydrogen-bond acceptors (Lipinski definition) is 6. The third-order valence-electron chi connectivity index (χ3n) is 5.26. The van der Waals surface area contributed by atoms with Crippen molar-refractivity contribution in [2.24, 2.45) is 0 Å². The molecule has 1 heterocycles. The van der Waals surface area contributed by atoms with E-state index in [1.165, 1.54) is 42.5 Å². The molecule has 0 radical (unpaired) electrons. The van der Waals surface area contributed by atoms with Gasteiger partial charge in [-0.05, 0) is 61.0 Å². The summed E-state index contributed by atoms with van der Waals surface area (Å²) in [7, 11) is 0. The number of para-hydroxylation sites is 1. The molecule has 182 valence electrons. The number of ether oxygens (including phenoxy) is 2. The molecular weight excluding hydrogens is 467 g/mol. The van der Waals surface area contributed by atoms with E-state index in [4.69, 9.17) is 9.47 Å². The zero-order chi connectivity index (χ0) is 25.7. The number of rotatable bonds is 7. The number of urea groups is 1. The van der Waals surface area contributed by atoms with Crippen LogP contribution in [0, 0.1) is 5.82 Å². The van der Waals surface area contributed by atoms with Crippen LogP contribution in [-0.4, -0.2) is 30.4 Å². The fourth-order valence-electron chi connectivity index (χ4n) is 3.48. The quantitative estimate of drug-likeness (QED) is 0.303. The van der Waals surface area contributed by atoms with E-state index in [0.717, 1.165) is 10.5 Å². The molecule has 0 atom stereocenters. The van der Waals surface area contributed by atoms with Crippen molar-refractivity contribution in [3.8, 4) is 5.75 Å². The van der Waals surface area contributed by atoms with Gasteiger partial charge < -0.3 is 9.47 Å². The fraction of sp³-hybridized carbons (Fsp3) is 0.111. The van der Waals surface area contributed by atoms with E-state index in [2.05, 4.69) is 5.32 Å². The van der Waals surface area contributed by atoms with Gasteiger partial charge in [0.25, 0.3) is 11.8 Å². The highest BCUT2D eigenvalue weighted by Crippen LogP contribution is 2.26. The van der Waals surface area contributed by atoms with Crippen LogP contribution in [0.25, 0.3) is 6.08 Å². The van der Waals surface area contributed by atoms with Gasteiger partial charge in [0, 0.05) is 5.56 Å². The Labute approximate surface area is 205 Å². The number of imide groups is 2. The second kappa shape index (κ2) is 10.6.